The normalized spacial score (nSPS) is 16.5. The van der Waals surface area contributed by atoms with Crippen LogP contribution in [0.1, 0.15) is 25.3 Å². The van der Waals surface area contributed by atoms with Gasteiger partial charge in [-0.3, -0.25) is 4.79 Å². The fourth-order valence-electron chi connectivity index (χ4n) is 2.28. The molecule has 1 aromatic rings. The van der Waals surface area contributed by atoms with Crippen molar-refractivity contribution in [3.05, 3.63) is 35.1 Å². The molecule has 1 saturated heterocycles. The highest BCUT2D eigenvalue weighted by molar-refractivity contribution is 5.81. The van der Waals surface area contributed by atoms with Crippen LogP contribution in [0.5, 0.6) is 0 Å². The molecule has 1 amide bonds. The van der Waals surface area contributed by atoms with E-state index >= 15 is 0 Å². The van der Waals surface area contributed by atoms with E-state index in [1.165, 1.54) is 0 Å². The predicted octanol–water partition coefficient (Wildman–Crippen LogP) is 2.20. The molecule has 1 aliphatic rings. The molecule has 0 spiro atoms. The van der Waals surface area contributed by atoms with E-state index < -0.39 is 23.5 Å². The summed E-state index contributed by atoms with van der Waals surface area (Å²) in [5, 5.41) is 2.90. The summed E-state index contributed by atoms with van der Waals surface area (Å²) in [5.74, 6) is -3.94. The third-order valence-electron chi connectivity index (χ3n) is 3.44. The largest absolute Gasteiger partial charge is 0.341 e. The molecule has 0 aromatic heterocycles. The number of carbonyl (C=O) groups is 1. The van der Waals surface area contributed by atoms with E-state index in [0.717, 1.165) is 38.1 Å². The highest BCUT2D eigenvalue weighted by atomic mass is 19.2. The van der Waals surface area contributed by atoms with Gasteiger partial charge in [-0.05, 0) is 37.5 Å². The summed E-state index contributed by atoms with van der Waals surface area (Å²) in [6.07, 6.45) is 2.01. The second kappa shape index (κ2) is 6.26. The lowest BCUT2D eigenvalue weighted by Crippen LogP contribution is -2.43. The number of halogens is 3. The topological polar surface area (TPSA) is 32.3 Å². The summed E-state index contributed by atoms with van der Waals surface area (Å²) >= 11 is 0. The molecule has 0 aliphatic carbocycles. The Kier molecular flexibility index (Phi) is 4.65. The van der Waals surface area contributed by atoms with Gasteiger partial charge in [0.15, 0.2) is 17.5 Å². The number of likely N-dealkylation sites (tertiary alicyclic amines) is 1. The lowest BCUT2D eigenvalue weighted by molar-refractivity contribution is -0.131. The number of nitrogens with zero attached hydrogens (tertiary/aromatic N) is 1. The molecule has 110 valence electrons. The number of benzene rings is 1. The zero-order valence-corrected chi connectivity index (χ0v) is 11.3. The SMILES string of the molecule is CC(NCc1cc(F)c(F)c(F)c1)C(=O)N1CCCC1. The fourth-order valence-corrected chi connectivity index (χ4v) is 2.28. The molecule has 1 fully saturated rings. The maximum atomic E-state index is 13.1. The van der Waals surface area contributed by atoms with Crippen LogP contribution < -0.4 is 5.32 Å². The molecule has 0 saturated carbocycles. The van der Waals surface area contributed by atoms with Crippen molar-refractivity contribution in [2.75, 3.05) is 13.1 Å². The lowest BCUT2D eigenvalue weighted by Gasteiger charge is -2.21. The molecular formula is C14H17F3N2O. The van der Waals surface area contributed by atoms with Crippen LogP contribution in [-0.2, 0) is 11.3 Å². The third kappa shape index (κ3) is 3.30. The maximum absolute atomic E-state index is 13.1. The second-order valence-corrected chi connectivity index (χ2v) is 5.01. The van der Waals surface area contributed by atoms with E-state index in [-0.39, 0.29) is 18.0 Å². The zero-order valence-electron chi connectivity index (χ0n) is 11.3. The number of amides is 1. The molecular weight excluding hydrogens is 269 g/mol. The highest BCUT2D eigenvalue weighted by Crippen LogP contribution is 2.14. The molecule has 1 aromatic carbocycles. The monoisotopic (exact) mass is 286 g/mol. The van der Waals surface area contributed by atoms with Gasteiger partial charge in [0.25, 0.3) is 0 Å². The Morgan fingerprint density at radius 2 is 1.80 bits per heavy atom. The van der Waals surface area contributed by atoms with Crippen LogP contribution >= 0.6 is 0 Å². The first-order valence-electron chi connectivity index (χ1n) is 6.64. The van der Waals surface area contributed by atoms with Gasteiger partial charge in [0.1, 0.15) is 0 Å². The van der Waals surface area contributed by atoms with Gasteiger partial charge in [0, 0.05) is 19.6 Å². The van der Waals surface area contributed by atoms with Gasteiger partial charge in [0.05, 0.1) is 6.04 Å². The smallest absolute Gasteiger partial charge is 0.239 e. The summed E-state index contributed by atoms with van der Waals surface area (Å²) in [6, 6.07) is 1.42. The van der Waals surface area contributed by atoms with Gasteiger partial charge in [0.2, 0.25) is 5.91 Å². The second-order valence-electron chi connectivity index (χ2n) is 5.01. The van der Waals surface area contributed by atoms with Gasteiger partial charge >= 0.3 is 0 Å². The highest BCUT2D eigenvalue weighted by Gasteiger charge is 2.22. The van der Waals surface area contributed by atoms with Gasteiger partial charge in [-0.25, -0.2) is 13.2 Å². The first kappa shape index (κ1) is 14.8. The summed E-state index contributed by atoms with van der Waals surface area (Å²) in [5.41, 5.74) is 0.266. The van der Waals surface area contributed by atoms with Crippen LogP contribution in [0.2, 0.25) is 0 Å². The molecule has 1 heterocycles. The molecule has 20 heavy (non-hydrogen) atoms. The quantitative estimate of drug-likeness (QED) is 0.861. The Balaban J connectivity index is 1.92. The minimum atomic E-state index is -1.48. The lowest BCUT2D eigenvalue weighted by atomic mass is 10.2. The van der Waals surface area contributed by atoms with Crippen molar-refractivity contribution < 1.29 is 18.0 Å². The summed E-state index contributed by atoms with van der Waals surface area (Å²) in [7, 11) is 0. The van der Waals surface area contributed by atoms with Crippen molar-refractivity contribution >= 4 is 5.91 Å². The molecule has 1 N–H and O–H groups in total. The van der Waals surface area contributed by atoms with Gasteiger partial charge < -0.3 is 10.2 Å². The van der Waals surface area contributed by atoms with Gasteiger partial charge in [-0.1, -0.05) is 0 Å². The summed E-state index contributed by atoms with van der Waals surface area (Å²) < 4.78 is 38.9. The standard InChI is InChI=1S/C14H17F3N2O/c1-9(14(20)19-4-2-3-5-19)18-8-10-6-11(15)13(17)12(16)7-10/h6-7,9,18H,2-5,8H2,1H3. The molecule has 1 unspecified atom stereocenters. The Morgan fingerprint density at radius 3 is 2.35 bits per heavy atom. The van der Waals surface area contributed by atoms with E-state index in [4.69, 9.17) is 0 Å². The Bertz CT molecular complexity index is 478. The Labute approximate surface area is 115 Å². The van der Waals surface area contributed by atoms with Crippen LogP contribution in [-0.4, -0.2) is 29.9 Å². The van der Waals surface area contributed by atoms with Crippen molar-refractivity contribution in [3.8, 4) is 0 Å². The average molecular weight is 286 g/mol. The minimum Gasteiger partial charge on any atom is -0.341 e. The van der Waals surface area contributed by atoms with Gasteiger partial charge in [-0.2, -0.15) is 0 Å². The van der Waals surface area contributed by atoms with Crippen molar-refractivity contribution in [2.45, 2.75) is 32.4 Å². The van der Waals surface area contributed by atoms with Gasteiger partial charge in [-0.15, -0.1) is 0 Å². The Morgan fingerprint density at radius 1 is 1.25 bits per heavy atom. The number of nitrogens with one attached hydrogen (secondary N) is 1. The molecule has 6 heteroatoms. The third-order valence-corrected chi connectivity index (χ3v) is 3.44. The van der Waals surface area contributed by atoms with E-state index in [1.54, 1.807) is 11.8 Å². The number of carbonyl (C=O) groups excluding carboxylic acids is 1. The molecule has 2 rings (SSSR count). The minimum absolute atomic E-state index is 0.0226. The number of hydrogen-bond donors (Lipinski definition) is 1. The summed E-state index contributed by atoms with van der Waals surface area (Å²) in [6.45, 7) is 3.32. The van der Waals surface area contributed by atoms with E-state index in [9.17, 15) is 18.0 Å². The van der Waals surface area contributed by atoms with E-state index in [1.807, 2.05) is 0 Å². The van der Waals surface area contributed by atoms with Crippen molar-refractivity contribution in [2.24, 2.45) is 0 Å². The Hall–Kier alpha value is -1.56. The van der Waals surface area contributed by atoms with Crippen molar-refractivity contribution in [3.63, 3.8) is 0 Å². The average Bonchev–Trinajstić information content (AvgIpc) is 2.95. The van der Waals surface area contributed by atoms with Crippen molar-refractivity contribution in [1.82, 2.24) is 10.2 Å². The molecule has 1 aliphatic heterocycles. The van der Waals surface area contributed by atoms with E-state index in [0.29, 0.717) is 0 Å². The first-order valence-corrected chi connectivity index (χ1v) is 6.64. The molecule has 1 atom stereocenters. The van der Waals surface area contributed by atoms with Crippen LogP contribution in [0.3, 0.4) is 0 Å². The van der Waals surface area contributed by atoms with Crippen LogP contribution in [0.4, 0.5) is 13.2 Å². The van der Waals surface area contributed by atoms with Crippen LogP contribution in [0.25, 0.3) is 0 Å². The first-order chi connectivity index (χ1) is 9.49. The molecule has 0 radical (unpaired) electrons. The number of rotatable bonds is 4. The van der Waals surface area contributed by atoms with Crippen LogP contribution in [0.15, 0.2) is 12.1 Å². The maximum Gasteiger partial charge on any atom is 0.239 e. The predicted molar refractivity (Wildman–Crippen MR) is 68.4 cm³/mol. The summed E-state index contributed by atoms with van der Waals surface area (Å²) in [4.78, 5) is 13.8. The number of hydrogen-bond acceptors (Lipinski definition) is 2. The van der Waals surface area contributed by atoms with E-state index in [2.05, 4.69) is 5.32 Å². The molecule has 3 nitrogen and oxygen atoms in total. The zero-order chi connectivity index (χ0) is 14.7. The van der Waals surface area contributed by atoms with Crippen LogP contribution in [0, 0.1) is 17.5 Å². The molecule has 0 bridgehead atoms. The fraction of sp³-hybridized carbons (Fsp3) is 0.500. The van der Waals surface area contributed by atoms with Crippen molar-refractivity contribution in [1.29, 1.82) is 0 Å².